The highest BCUT2D eigenvalue weighted by Gasteiger charge is 2.31. The highest BCUT2D eigenvalue weighted by atomic mass is 16.5. The van der Waals surface area contributed by atoms with Gasteiger partial charge in [0.15, 0.2) is 11.5 Å². The summed E-state index contributed by atoms with van der Waals surface area (Å²) in [6.45, 7) is 5.76. The van der Waals surface area contributed by atoms with E-state index in [1.165, 1.54) is 31.2 Å². The van der Waals surface area contributed by atoms with Crippen LogP contribution in [-0.2, 0) is 6.54 Å². The van der Waals surface area contributed by atoms with Gasteiger partial charge in [-0.15, -0.1) is 0 Å². The molecule has 1 aromatic carbocycles. The van der Waals surface area contributed by atoms with E-state index in [1.54, 1.807) is 6.07 Å². The van der Waals surface area contributed by atoms with Crippen molar-refractivity contribution in [2.24, 2.45) is 0 Å². The van der Waals surface area contributed by atoms with E-state index >= 15 is 0 Å². The molecule has 4 heteroatoms. The van der Waals surface area contributed by atoms with Gasteiger partial charge in [-0.1, -0.05) is 6.07 Å². The van der Waals surface area contributed by atoms with E-state index in [4.69, 9.17) is 4.74 Å². The Balaban J connectivity index is 1.65. The monoisotopic (exact) mass is 290 g/mol. The third-order valence-electron chi connectivity index (χ3n) is 4.39. The van der Waals surface area contributed by atoms with Gasteiger partial charge in [0.2, 0.25) is 0 Å². The molecule has 21 heavy (non-hydrogen) atoms. The molecule has 3 rings (SSSR count). The van der Waals surface area contributed by atoms with E-state index in [0.29, 0.717) is 18.4 Å². The van der Waals surface area contributed by atoms with Crippen molar-refractivity contribution in [3.63, 3.8) is 0 Å². The lowest BCUT2D eigenvalue weighted by Gasteiger charge is -2.26. The molecule has 1 atom stereocenters. The van der Waals surface area contributed by atoms with Crippen molar-refractivity contribution < 1.29 is 9.84 Å². The van der Waals surface area contributed by atoms with Crippen LogP contribution in [0.5, 0.6) is 11.5 Å². The van der Waals surface area contributed by atoms with Gasteiger partial charge in [0.25, 0.3) is 0 Å². The highest BCUT2D eigenvalue weighted by molar-refractivity contribution is 5.41. The largest absolute Gasteiger partial charge is 0.504 e. The lowest BCUT2D eigenvalue weighted by Crippen LogP contribution is -2.38. The Kier molecular flexibility index (Phi) is 4.66. The molecule has 1 aliphatic carbocycles. The van der Waals surface area contributed by atoms with Gasteiger partial charge >= 0.3 is 0 Å². The molecule has 0 aromatic heterocycles. The van der Waals surface area contributed by atoms with Gasteiger partial charge in [-0.2, -0.15) is 0 Å². The first-order valence-corrected chi connectivity index (χ1v) is 8.18. The van der Waals surface area contributed by atoms with Gasteiger partial charge in [-0.05, 0) is 56.8 Å². The van der Waals surface area contributed by atoms with Crippen molar-refractivity contribution in [2.45, 2.75) is 51.2 Å². The van der Waals surface area contributed by atoms with Crippen molar-refractivity contribution in [3.05, 3.63) is 23.8 Å². The third-order valence-corrected chi connectivity index (χ3v) is 4.39. The molecule has 0 spiro atoms. The Morgan fingerprint density at radius 1 is 1.33 bits per heavy atom. The van der Waals surface area contributed by atoms with E-state index in [-0.39, 0.29) is 5.75 Å². The fourth-order valence-corrected chi connectivity index (χ4v) is 3.14. The van der Waals surface area contributed by atoms with E-state index < -0.39 is 0 Å². The molecule has 1 unspecified atom stereocenters. The van der Waals surface area contributed by atoms with Crippen LogP contribution >= 0.6 is 0 Å². The van der Waals surface area contributed by atoms with Crippen molar-refractivity contribution in [2.75, 3.05) is 19.7 Å². The zero-order valence-electron chi connectivity index (χ0n) is 12.8. The number of phenolic OH excluding ortho intramolecular Hbond substituents is 1. The quantitative estimate of drug-likeness (QED) is 0.810. The Bertz CT molecular complexity index is 468. The van der Waals surface area contributed by atoms with Crippen LogP contribution < -0.4 is 10.1 Å². The van der Waals surface area contributed by atoms with Gasteiger partial charge in [0.05, 0.1) is 6.61 Å². The summed E-state index contributed by atoms with van der Waals surface area (Å²) in [4.78, 5) is 2.59. The first-order valence-electron chi connectivity index (χ1n) is 8.18. The number of hydrogen-bond acceptors (Lipinski definition) is 4. The molecule has 0 bridgehead atoms. The third kappa shape index (κ3) is 3.89. The molecule has 2 fully saturated rings. The van der Waals surface area contributed by atoms with Crippen LogP contribution in [0.15, 0.2) is 18.2 Å². The van der Waals surface area contributed by atoms with Gasteiger partial charge in [0, 0.05) is 25.2 Å². The molecule has 1 saturated heterocycles. The molecule has 1 aliphatic heterocycles. The average molecular weight is 290 g/mol. The van der Waals surface area contributed by atoms with Crippen molar-refractivity contribution in [3.8, 4) is 11.5 Å². The number of nitrogens with zero attached hydrogens (tertiary/aromatic N) is 1. The molecule has 116 valence electrons. The molecule has 2 N–H and O–H groups in total. The Labute approximate surface area is 127 Å². The zero-order valence-corrected chi connectivity index (χ0v) is 12.8. The first-order chi connectivity index (χ1) is 10.3. The predicted molar refractivity (Wildman–Crippen MR) is 83.7 cm³/mol. The average Bonchev–Trinajstić information content (AvgIpc) is 3.20. The molecule has 2 aliphatic rings. The molecular formula is C17H26N2O2. The molecule has 1 saturated carbocycles. The van der Waals surface area contributed by atoms with Crippen LogP contribution in [-0.4, -0.2) is 41.8 Å². The smallest absolute Gasteiger partial charge is 0.161 e. The summed E-state index contributed by atoms with van der Waals surface area (Å²) in [5.74, 6) is 0.834. The van der Waals surface area contributed by atoms with E-state index in [1.807, 2.05) is 19.1 Å². The summed E-state index contributed by atoms with van der Waals surface area (Å²) in [6.07, 6.45) is 5.24. The van der Waals surface area contributed by atoms with Crippen LogP contribution in [0.2, 0.25) is 0 Å². The summed E-state index contributed by atoms with van der Waals surface area (Å²) in [6, 6.07) is 7.14. The Morgan fingerprint density at radius 2 is 2.19 bits per heavy atom. The summed E-state index contributed by atoms with van der Waals surface area (Å²) >= 11 is 0. The minimum absolute atomic E-state index is 0.232. The number of benzene rings is 1. The van der Waals surface area contributed by atoms with Crippen LogP contribution in [0.1, 0.15) is 38.2 Å². The second-order valence-electron chi connectivity index (χ2n) is 6.19. The van der Waals surface area contributed by atoms with Gasteiger partial charge in [0.1, 0.15) is 0 Å². The highest BCUT2D eigenvalue weighted by Crippen LogP contribution is 2.31. The normalized spacial score (nSPS) is 21.9. The fraction of sp³-hybridized carbons (Fsp3) is 0.647. The maximum atomic E-state index is 9.80. The van der Waals surface area contributed by atoms with E-state index in [0.717, 1.165) is 25.7 Å². The van der Waals surface area contributed by atoms with Crippen LogP contribution in [0.3, 0.4) is 0 Å². The number of aromatic hydroxyl groups is 1. The standard InChI is InChI=1S/C17H26N2O2/c1-2-21-17-10-13(5-8-16(17)20)11-19(15-6-7-15)12-14-4-3-9-18-14/h5,8,10,14-15,18,20H,2-4,6-7,9,11-12H2,1H3. The Hall–Kier alpha value is -1.26. The molecule has 0 amide bonds. The lowest BCUT2D eigenvalue weighted by molar-refractivity contribution is 0.230. The number of hydrogen-bond donors (Lipinski definition) is 2. The molecule has 0 radical (unpaired) electrons. The van der Waals surface area contributed by atoms with Gasteiger partial charge < -0.3 is 15.2 Å². The predicted octanol–water partition coefficient (Wildman–Crippen LogP) is 2.51. The molecule has 1 heterocycles. The lowest BCUT2D eigenvalue weighted by atomic mass is 10.1. The molecular weight excluding hydrogens is 264 g/mol. The topological polar surface area (TPSA) is 44.7 Å². The zero-order chi connectivity index (χ0) is 14.7. The summed E-state index contributed by atoms with van der Waals surface area (Å²) in [5.41, 5.74) is 1.22. The van der Waals surface area contributed by atoms with Crippen LogP contribution in [0.25, 0.3) is 0 Å². The minimum Gasteiger partial charge on any atom is -0.504 e. The number of rotatable bonds is 7. The van der Waals surface area contributed by atoms with Crippen molar-refractivity contribution in [1.82, 2.24) is 10.2 Å². The maximum Gasteiger partial charge on any atom is 0.161 e. The second kappa shape index (κ2) is 6.67. The number of nitrogens with one attached hydrogen (secondary N) is 1. The number of ether oxygens (including phenoxy) is 1. The molecule has 4 nitrogen and oxygen atoms in total. The van der Waals surface area contributed by atoms with Crippen molar-refractivity contribution >= 4 is 0 Å². The minimum atomic E-state index is 0.232. The second-order valence-corrected chi connectivity index (χ2v) is 6.19. The fourth-order valence-electron chi connectivity index (χ4n) is 3.14. The summed E-state index contributed by atoms with van der Waals surface area (Å²) in [5, 5.41) is 13.4. The van der Waals surface area contributed by atoms with Gasteiger partial charge in [-0.3, -0.25) is 4.90 Å². The van der Waals surface area contributed by atoms with Crippen LogP contribution in [0, 0.1) is 0 Å². The maximum absolute atomic E-state index is 9.80. The SMILES string of the molecule is CCOc1cc(CN(CC2CCCN2)C2CC2)ccc1O. The molecule has 1 aromatic rings. The van der Waals surface area contributed by atoms with Crippen LogP contribution in [0.4, 0.5) is 0 Å². The van der Waals surface area contributed by atoms with E-state index in [2.05, 4.69) is 10.2 Å². The van der Waals surface area contributed by atoms with E-state index in [9.17, 15) is 5.11 Å². The number of phenols is 1. The summed E-state index contributed by atoms with van der Waals surface area (Å²) in [7, 11) is 0. The summed E-state index contributed by atoms with van der Waals surface area (Å²) < 4.78 is 5.49. The van der Waals surface area contributed by atoms with Gasteiger partial charge in [-0.25, -0.2) is 0 Å². The Morgan fingerprint density at radius 3 is 2.86 bits per heavy atom. The van der Waals surface area contributed by atoms with Crippen molar-refractivity contribution in [1.29, 1.82) is 0 Å². The first kappa shape index (κ1) is 14.7.